The Balaban J connectivity index is 2.02. The average Bonchev–Trinajstić information content (AvgIpc) is 2.95. The van der Waals surface area contributed by atoms with Crippen molar-refractivity contribution in [1.29, 1.82) is 0 Å². The zero-order valence-corrected chi connectivity index (χ0v) is 12.5. The van der Waals surface area contributed by atoms with E-state index < -0.39 is 0 Å². The Labute approximate surface area is 118 Å². The highest BCUT2D eigenvalue weighted by atomic mass is 32.2. The van der Waals surface area contributed by atoms with Crippen molar-refractivity contribution in [3.8, 4) is 0 Å². The van der Waals surface area contributed by atoms with E-state index in [-0.39, 0.29) is 5.41 Å². The van der Waals surface area contributed by atoms with Gasteiger partial charge in [0.2, 0.25) is 5.89 Å². The van der Waals surface area contributed by atoms with E-state index in [1.54, 1.807) is 0 Å². The summed E-state index contributed by atoms with van der Waals surface area (Å²) in [6.45, 7) is 6.37. The maximum atomic E-state index is 5.93. The van der Waals surface area contributed by atoms with E-state index in [1.807, 2.05) is 11.8 Å². The number of ether oxygens (including phenoxy) is 1. The van der Waals surface area contributed by atoms with Crippen LogP contribution in [0.5, 0.6) is 0 Å². The first-order valence-corrected chi connectivity index (χ1v) is 7.97. The molecule has 0 bridgehead atoms. The van der Waals surface area contributed by atoms with Crippen molar-refractivity contribution in [1.82, 2.24) is 10.1 Å². The third kappa shape index (κ3) is 3.49. The number of thioether (sulfide) groups is 1. The van der Waals surface area contributed by atoms with Gasteiger partial charge in [0.1, 0.15) is 0 Å². The Morgan fingerprint density at radius 1 is 1.42 bits per heavy atom. The molecule has 2 rings (SSSR count). The summed E-state index contributed by atoms with van der Waals surface area (Å²) >= 11 is 1.86. The average molecular weight is 285 g/mol. The van der Waals surface area contributed by atoms with Gasteiger partial charge in [-0.2, -0.15) is 16.7 Å². The molecule has 1 saturated heterocycles. The summed E-state index contributed by atoms with van der Waals surface area (Å²) in [4.78, 5) is 4.55. The van der Waals surface area contributed by atoms with Crippen LogP contribution in [0.1, 0.15) is 44.8 Å². The van der Waals surface area contributed by atoms with E-state index in [1.165, 1.54) is 0 Å². The van der Waals surface area contributed by atoms with Crippen LogP contribution in [-0.2, 0) is 15.9 Å². The number of nitrogens with zero attached hydrogens (tertiary/aromatic N) is 2. The zero-order chi connectivity index (χ0) is 13.7. The molecule has 1 aromatic heterocycles. The van der Waals surface area contributed by atoms with Crippen LogP contribution in [-0.4, -0.2) is 35.1 Å². The predicted octanol–water partition coefficient (Wildman–Crippen LogP) is 2.11. The van der Waals surface area contributed by atoms with Gasteiger partial charge < -0.3 is 15.0 Å². The van der Waals surface area contributed by atoms with E-state index in [0.29, 0.717) is 17.7 Å². The van der Waals surface area contributed by atoms with Crippen molar-refractivity contribution in [3.05, 3.63) is 11.7 Å². The summed E-state index contributed by atoms with van der Waals surface area (Å²) in [6.07, 6.45) is 2.88. The molecule has 108 valence electrons. The van der Waals surface area contributed by atoms with Gasteiger partial charge in [-0.15, -0.1) is 0 Å². The van der Waals surface area contributed by atoms with Crippen LogP contribution in [0.25, 0.3) is 0 Å². The number of hydrogen-bond acceptors (Lipinski definition) is 6. The largest absolute Gasteiger partial charge is 0.381 e. The smallest absolute Gasteiger partial charge is 0.234 e. The van der Waals surface area contributed by atoms with Gasteiger partial charge in [-0.3, -0.25) is 0 Å². The van der Waals surface area contributed by atoms with E-state index >= 15 is 0 Å². The van der Waals surface area contributed by atoms with E-state index in [9.17, 15) is 0 Å². The lowest BCUT2D eigenvalue weighted by atomic mass is 9.80. The van der Waals surface area contributed by atoms with Crippen LogP contribution < -0.4 is 5.73 Å². The summed E-state index contributed by atoms with van der Waals surface area (Å²) in [5, 5.41) is 4.71. The molecule has 0 aromatic carbocycles. The normalized spacial score (nSPS) is 20.4. The first-order chi connectivity index (χ1) is 9.20. The second kappa shape index (κ2) is 6.72. The minimum absolute atomic E-state index is 0.176. The van der Waals surface area contributed by atoms with Crippen molar-refractivity contribution in [2.75, 3.05) is 19.8 Å². The van der Waals surface area contributed by atoms with Gasteiger partial charge >= 0.3 is 0 Å². The molecular formula is C13H23N3O2S. The fourth-order valence-corrected chi connectivity index (χ4v) is 2.92. The third-order valence-corrected chi connectivity index (χ3v) is 5.16. The van der Waals surface area contributed by atoms with E-state index in [4.69, 9.17) is 15.0 Å². The Morgan fingerprint density at radius 2 is 2.16 bits per heavy atom. The third-order valence-electron chi connectivity index (χ3n) is 3.83. The molecule has 0 radical (unpaired) electrons. The Hall–Kier alpha value is -0.590. The molecule has 19 heavy (non-hydrogen) atoms. The van der Waals surface area contributed by atoms with Crippen LogP contribution in [0.2, 0.25) is 0 Å². The van der Waals surface area contributed by atoms with Crippen molar-refractivity contribution in [2.24, 2.45) is 5.73 Å². The minimum Gasteiger partial charge on any atom is -0.381 e. The molecule has 1 aliphatic rings. The predicted molar refractivity (Wildman–Crippen MR) is 76.1 cm³/mol. The molecule has 1 fully saturated rings. The molecule has 2 heterocycles. The molecule has 6 heteroatoms. The summed E-state index contributed by atoms with van der Waals surface area (Å²) in [5.74, 6) is 2.27. The van der Waals surface area contributed by atoms with Gasteiger partial charge in [-0.1, -0.05) is 19.0 Å². The highest BCUT2D eigenvalue weighted by molar-refractivity contribution is 7.99. The lowest BCUT2D eigenvalue weighted by Gasteiger charge is -2.32. The monoisotopic (exact) mass is 285 g/mol. The molecule has 0 aliphatic carbocycles. The van der Waals surface area contributed by atoms with Crippen LogP contribution in [0, 0.1) is 0 Å². The second-order valence-electron chi connectivity index (χ2n) is 5.14. The van der Waals surface area contributed by atoms with Gasteiger partial charge in [-0.25, -0.2) is 0 Å². The topological polar surface area (TPSA) is 74.2 Å². The van der Waals surface area contributed by atoms with Gasteiger partial charge in [-0.05, 0) is 19.3 Å². The first-order valence-electron chi connectivity index (χ1n) is 6.92. The van der Waals surface area contributed by atoms with Crippen molar-refractivity contribution < 1.29 is 9.26 Å². The summed E-state index contributed by atoms with van der Waals surface area (Å²) in [6, 6.07) is 0. The lowest BCUT2D eigenvalue weighted by Crippen LogP contribution is -2.40. The van der Waals surface area contributed by atoms with Gasteiger partial charge in [0.05, 0.1) is 11.2 Å². The molecule has 1 unspecified atom stereocenters. The zero-order valence-electron chi connectivity index (χ0n) is 11.7. The van der Waals surface area contributed by atoms with E-state index in [0.717, 1.165) is 44.1 Å². The number of aromatic nitrogens is 2. The van der Waals surface area contributed by atoms with Crippen LogP contribution in [0.4, 0.5) is 0 Å². The first kappa shape index (κ1) is 14.8. The van der Waals surface area contributed by atoms with Crippen molar-refractivity contribution in [2.45, 2.75) is 49.5 Å². The fraction of sp³-hybridized carbons (Fsp3) is 0.846. The number of hydrogen-bond donors (Lipinski definition) is 1. The fourth-order valence-electron chi connectivity index (χ4n) is 2.13. The minimum atomic E-state index is -0.176. The Morgan fingerprint density at radius 3 is 2.79 bits per heavy atom. The van der Waals surface area contributed by atoms with Gasteiger partial charge in [0, 0.05) is 25.0 Å². The molecule has 1 atom stereocenters. The molecule has 2 N–H and O–H groups in total. The van der Waals surface area contributed by atoms with Crippen LogP contribution >= 0.6 is 11.8 Å². The molecular weight excluding hydrogens is 262 g/mol. The summed E-state index contributed by atoms with van der Waals surface area (Å²) < 4.78 is 10.9. The molecule has 0 amide bonds. The van der Waals surface area contributed by atoms with E-state index in [2.05, 4.69) is 24.0 Å². The van der Waals surface area contributed by atoms with Crippen molar-refractivity contribution in [3.63, 3.8) is 0 Å². The summed E-state index contributed by atoms with van der Waals surface area (Å²) in [7, 11) is 0. The highest BCUT2D eigenvalue weighted by Crippen LogP contribution is 2.33. The SMILES string of the molecule is CCC(C)SCc1noc(C2(CN)CCOCC2)n1. The Bertz CT molecular complexity index is 391. The molecule has 1 aliphatic heterocycles. The van der Waals surface area contributed by atoms with Gasteiger partial charge in [0.25, 0.3) is 0 Å². The van der Waals surface area contributed by atoms with Crippen molar-refractivity contribution >= 4 is 11.8 Å². The molecule has 0 saturated carbocycles. The standard InChI is InChI=1S/C13H23N3O2S/c1-3-10(2)19-8-11-15-12(18-16-11)13(9-14)4-6-17-7-5-13/h10H,3-9,14H2,1-2H3. The molecule has 1 aromatic rings. The maximum Gasteiger partial charge on any atom is 0.234 e. The number of rotatable bonds is 6. The number of nitrogens with two attached hydrogens (primary N) is 1. The van der Waals surface area contributed by atoms with Crippen LogP contribution in [0.15, 0.2) is 4.52 Å². The Kier molecular flexibility index (Phi) is 5.24. The lowest BCUT2D eigenvalue weighted by molar-refractivity contribution is 0.0409. The molecule has 0 spiro atoms. The quantitative estimate of drug-likeness (QED) is 0.863. The molecule has 5 nitrogen and oxygen atoms in total. The summed E-state index contributed by atoms with van der Waals surface area (Å²) in [5.41, 5.74) is 5.76. The van der Waals surface area contributed by atoms with Crippen LogP contribution in [0.3, 0.4) is 0 Å². The second-order valence-corrected chi connectivity index (χ2v) is 6.57. The maximum absolute atomic E-state index is 5.93. The highest BCUT2D eigenvalue weighted by Gasteiger charge is 2.38. The van der Waals surface area contributed by atoms with Gasteiger partial charge in [0.15, 0.2) is 5.82 Å².